The van der Waals surface area contributed by atoms with Gasteiger partial charge in [-0.25, -0.2) is 4.79 Å². The molecule has 6 unspecified atom stereocenters. The predicted octanol–water partition coefficient (Wildman–Crippen LogP) is -0.777. The molecule has 1 aromatic rings. The molecular formula is C19H29NO9. The zero-order valence-electron chi connectivity index (χ0n) is 16.5. The maximum absolute atomic E-state index is 11.1. The molecule has 0 saturated carbocycles. The second-order valence-corrected chi connectivity index (χ2v) is 8.08. The van der Waals surface area contributed by atoms with Gasteiger partial charge in [0.05, 0.1) is 12.7 Å². The summed E-state index contributed by atoms with van der Waals surface area (Å²) in [6.07, 6.45) is -9.44. The number of β-amino-alcohol motifs (C(OH)–C–C–N with tert-alkyl or cyclic N) is 1. The number of carboxylic acids is 1. The van der Waals surface area contributed by atoms with E-state index in [1.807, 2.05) is 20.8 Å². The van der Waals surface area contributed by atoms with Crippen molar-refractivity contribution in [3.05, 3.63) is 29.3 Å². The number of carbonyl (C=O) groups is 1. The van der Waals surface area contributed by atoms with E-state index in [9.17, 15) is 30.3 Å². The summed E-state index contributed by atoms with van der Waals surface area (Å²) >= 11 is 0. The standard InChI is InChI=1S/C19H29NO9/c1-19(2,3)20-7-12(22)9-4-5-11(21)10(6-9)8-28-18-15(25)13(23)14(24)16(29-18)17(26)27/h4-6,12-16,18,20-25H,7-8H2,1-3H3,(H,26,27). The fourth-order valence-corrected chi connectivity index (χ4v) is 2.81. The summed E-state index contributed by atoms with van der Waals surface area (Å²) in [6.45, 7) is 5.86. The third-order valence-corrected chi connectivity index (χ3v) is 4.53. The number of benzene rings is 1. The molecule has 10 nitrogen and oxygen atoms in total. The summed E-state index contributed by atoms with van der Waals surface area (Å²) in [5.41, 5.74) is 0.590. The SMILES string of the molecule is CC(C)(C)NCC(O)c1ccc(O)c(COC2OC(C(=O)O)C(O)C(O)C2O)c1. The number of aliphatic hydroxyl groups excluding tert-OH is 4. The maximum atomic E-state index is 11.1. The molecule has 0 aliphatic carbocycles. The highest BCUT2D eigenvalue weighted by atomic mass is 16.7. The van der Waals surface area contributed by atoms with Crippen LogP contribution in [0.15, 0.2) is 18.2 Å². The molecule has 0 radical (unpaired) electrons. The van der Waals surface area contributed by atoms with Gasteiger partial charge in [0.2, 0.25) is 0 Å². The van der Waals surface area contributed by atoms with Crippen LogP contribution >= 0.6 is 0 Å². The van der Waals surface area contributed by atoms with Crippen LogP contribution in [0, 0.1) is 0 Å². The van der Waals surface area contributed by atoms with Crippen molar-refractivity contribution >= 4 is 5.97 Å². The van der Waals surface area contributed by atoms with Crippen molar-refractivity contribution in [2.75, 3.05) is 6.54 Å². The highest BCUT2D eigenvalue weighted by Gasteiger charge is 2.47. The van der Waals surface area contributed by atoms with Gasteiger partial charge in [0.25, 0.3) is 0 Å². The Morgan fingerprint density at radius 1 is 1.21 bits per heavy atom. The first-order chi connectivity index (χ1) is 13.4. The van der Waals surface area contributed by atoms with Gasteiger partial charge in [-0.3, -0.25) is 0 Å². The third kappa shape index (κ3) is 6.09. The number of aliphatic hydroxyl groups is 4. The zero-order chi connectivity index (χ0) is 21.9. The second kappa shape index (κ2) is 9.35. The molecule has 164 valence electrons. The largest absolute Gasteiger partial charge is 0.508 e. The molecule has 7 N–H and O–H groups in total. The van der Waals surface area contributed by atoms with Crippen molar-refractivity contribution in [3.63, 3.8) is 0 Å². The van der Waals surface area contributed by atoms with Gasteiger partial charge in [0, 0.05) is 17.6 Å². The van der Waals surface area contributed by atoms with Crippen molar-refractivity contribution in [2.24, 2.45) is 0 Å². The molecule has 0 amide bonds. The Kier molecular flexibility index (Phi) is 7.57. The number of nitrogens with one attached hydrogen (secondary N) is 1. The van der Waals surface area contributed by atoms with Gasteiger partial charge in [0.15, 0.2) is 12.4 Å². The molecule has 0 spiro atoms. The Balaban J connectivity index is 2.07. The Bertz CT molecular complexity index is 705. The molecule has 0 bridgehead atoms. The lowest BCUT2D eigenvalue weighted by Gasteiger charge is -2.38. The zero-order valence-corrected chi connectivity index (χ0v) is 16.5. The number of carboxylic acid groups (broad SMARTS) is 1. The third-order valence-electron chi connectivity index (χ3n) is 4.53. The van der Waals surface area contributed by atoms with Gasteiger partial charge in [-0.15, -0.1) is 0 Å². The van der Waals surface area contributed by atoms with E-state index in [0.717, 1.165) is 0 Å². The average molecular weight is 415 g/mol. The van der Waals surface area contributed by atoms with Gasteiger partial charge in [-0.2, -0.15) is 0 Å². The summed E-state index contributed by atoms with van der Waals surface area (Å²) in [4.78, 5) is 11.1. The lowest BCUT2D eigenvalue weighted by Crippen LogP contribution is -2.60. The molecule has 0 aromatic heterocycles. The maximum Gasteiger partial charge on any atom is 0.335 e. The first kappa shape index (κ1) is 23.5. The molecule has 10 heteroatoms. The summed E-state index contributed by atoms with van der Waals surface area (Å²) in [5, 5.41) is 62.1. The van der Waals surface area contributed by atoms with Crippen LogP contribution in [0.5, 0.6) is 5.75 Å². The summed E-state index contributed by atoms with van der Waals surface area (Å²) in [6, 6.07) is 4.45. The number of ether oxygens (including phenoxy) is 2. The van der Waals surface area contributed by atoms with Gasteiger partial charge >= 0.3 is 5.97 Å². The number of aromatic hydroxyl groups is 1. The summed E-state index contributed by atoms with van der Waals surface area (Å²) in [7, 11) is 0. The molecule has 1 saturated heterocycles. The highest BCUT2D eigenvalue weighted by Crippen LogP contribution is 2.27. The average Bonchev–Trinajstić information content (AvgIpc) is 2.64. The van der Waals surface area contributed by atoms with E-state index in [0.29, 0.717) is 5.56 Å². The van der Waals surface area contributed by atoms with Crippen LogP contribution in [-0.4, -0.2) is 79.4 Å². The Hall–Kier alpha value is -1.79. The minimum absolute atomic E-state index is 0.134. The minimum Gasteiger partial charge on any atom is -0.508 e. The van der Waals surface area contributed by atoms with E-state index < -0.39 is 42.8 Å². The smallest absolute Gasteiger partial charge is 0.335 e. The van der Waals surface area contributed by atoms with Crippen LogP contribution in [0.4, 0.5) is 0 Å². The van der Waals surface area contributed by atoms with Crippen molar-refractivity contribution < 1.29 is 44.9 Å². The lowest BCUT2D eigenvalue weighted by molar-refractivity contribution is -0.297. The number of aliphatic carboxylic acids is 1. The first-order valence-corrected chi connectivity index (χ1v) is 9.19. The quantitative estimate of drug-likeness (QED) is 0.300. The topological polar surface area (TPSA) is 169 Å². The number of hydrogen-bond acceptors (Lipinski definition) is 9. The van der Waals surface area contributed by atoms with Crippen LogP contribution in [0.1, 0.15) is 38.0 Å². The molecule has 29 heavy (non-hydrogen) atoms. The Morgan fingerprint density at radius 3 is 2.45 bits per heavy atom. The first-order valence-electron chi connectivity index (χ1n) is 9.19. The van der Waals surface area contributed by atoms with E-state index in [1.165, 1.54) is 12.1 Å². The minimum atomic E-state index is -1.82. The highest BCUT2D eigenvalue weighted by molar-refractivity contribution is 5.73. The Morgan fingerprint density at radius 2 is 1.86 bits per heavy atom. The summed E-state index contributed by atoms with van der Waals surface area (Å²) < 4.78 is 10.4. The molecule has 1 aliphatic heterocycles. The van der Waals surface area contributed by atoms with E-state index in [-0.39, 0.29) is 30.0 Å². The van der Waals surface area contributed by atoms with Crippen LogP contribution < -0.4 is 5.32 Å². The molecule has 1 aromatic carbocycles. The number of hydrogen-bond donors (Lipinski definition) is 7. The molecular weight excluding hydrogens is 386 g/mol. The van der Waals surface area contributed by atoms with Gasteiger partial charge in [-0.05, 0) is 38.5 Å². The number of phenolic OH excluding ortho intramolecular Hbond substituents is 1. The molecule has 2 rings (SSSR count). The van der Waals surface area contributed by atoms with Gasteiger partial charge in [-0.1, -0.05) is 6.07 Å². The number of rotatable bonds is 7. The van der Waals surface area contributed by atoms with Crippen LogP contribution in [-0.2, 0) is 20.9 Å². The van der Waals surface area contributed by atoms with E-state index >= 15 is 0 Å². The van der Waals surface area contributed by atoms with E-state index in [1.54, 1.807) is 6.07 Å². The molecule has 1 fully saturated rings. The second-order valence-electron chi connectivity index (χ2n) is 8.08. The van der Waals surface area contributed by atoms with Gasteiger partial charge in [0.1, 0.15) is 24.1 Å². The molecule has 6 atom stereocenters. The van der Waals surface area contributed by atoms with Crippen molar-refractivity contribution in [3.8, 4) is 5.75 Å². The van der Waals surface area contributed by atoms with Crippen LogP contribution in [0.2, 0.25) is 0 Å². The lowest BCUT2D eigenvalue weighted by atomic mass is 9.99. The fraction of sp³-hybridized carbons (Fsp3) is 0.632. The molecule has 1 heterocycles. The predicted molar refractivity (Wildman–Crippen MR) is 99.9 cm³/mol. The van der Waals surface area contributed by atoms with Crippen molar-refractivity contribution in [1.82, 2.24) is 5.32 Å². The monoisotopic (exact) mass is 415 g/mol. The van der Waals surface area contributed by atoms with E-state index in [4.69, 9.17) is 14.6 Å². The molecule has 1 aliphatic rings. The van der Waals surface area contributed by atoms with Crippen molar-refractivity contribution in [1.29, 1.82) is 0 Å². The van der Waals surface area contributed by atoms with Crippen LogP contribution in [0.25, 0.3) is 0 Å². The Labute approximate surface area is 168 Å². The van der Waals surface area contributed by atoms with Crippen LogP contribution in [0.3, 0.4) is 0 Å². The van der Waals surface area contributed by atoms with E-state index in [2.05, 4.69) is 5.32 Å². The fourth-order valence-electron chi connectivity index (χ4n) is 2.81. The number of phenols is 1. The van der Waals surface area contributed by atoms with Crippen molar-refractivity contribution in [2.45, 2.75) is 69.7 Å². The van der Waals surface area contributed by atoms with Gasteiger partial charge < -0.3 is 45.4 Å². The summed E-state index contributed by atoms with van der Waals surface area (Å²) in [5.74, 6) is -1.65. The normalized spacial score (nSPS) is 28.9.